The van der Waals surface area contributed by atoms with Gasteiger partial charge in [-0.15, -0.1) is 0 Å². The van der Waals surface area contributed by atoms with Crippen LogP contribution in [0.15, 0.2) is 71.4 Å². The molecule has 0 saturated carbocycles. The Morgan fingerprint density at radius 1 is 1.46 bits per heavy atom. The van der Waals surface area contributed by atoms with Crippen LogP contribution in [0.4, 0.5) is 5.82 Å². The van der Waals surface area contributed by atoms with Crippen LogP contribution in [-0.2, 0) is 6.54 Å². The molecule has 0 aliphatic rings. The van der Waals surface area contributed by atoms with Crippen molar-refractivity contribution in [1.82, 2.24) is 15.0 Å². The van der Waals surface area contributed by atoms with E-state index in [1.165, 1.54) is 16.3 Å². The van der Waals surface area contributed by atoms with E-state index in [-0.39, 0.29) is 11.7 Å². The number of halogens is 1. The second kappa shape index (κ2) is 12.2. The fourth-order valence-corrected chi connectivity index (χ4v) is 2.07. The molecule has 2 aromatic heterocycles. The Balaban J connectivity index is 0.000000696. The number of amides is 1. The van der Waals surface area contributed by atoms with Gasteiger partial charge in [-0.1, -0.05) is 42.0 Å². The number of H-pyrrole nitrogens is 1. The molecular formula is C20H27ClN6O. The van der Waals surface area contributed by atoms with Gasteiger partial charge in [0.1, 0.15) is 11.3 Å². The van der Waals surface area contributed by atoms with E-state index in [0.29, 0.717) is 24.1 Å². The number of rotatable bonds is 6. The lowest BCUT2D eigenvalue weighted by molar-refractivity contribution is 0.0956. The van der Waals surface area contributed by atoms with Crippen LogP contribution >= 0.6 is 11.6 Å². The zero-order valence-electron chi connectivity index (χ0n) is 16.2. The van der Waals surface area contributed by atoms with Crippen molar-refractivity contribution in [3.05, 3.63) is 83.1 Å². The number of nitrogens with one attached hydrogen (secondary N) is 2. The maximum Gasteiger partial charge on any atom is 0.251 e. The molecule has 1 amide bonds. The third kappa shape index (κ3) is 7.59. The zero-order valence-corrected chi connectivity index (χ0v) is 16.9. The van der Waals surface area contributed by atoms with Crippen molar-refractivity contribution in [2.24, 2.45) is 4.99 Å². The van der Waals surface area contributed by atoms with Crippen LogP contribution in [0, 0.1) is 0 Å². The van der Waals surface area contributed by atoms with Crippen molar-refractivity contribution in [3.8, 4) is 0 Å². The van der Waals surface area contributed by atoms with Crippen LogP contribution in [0.25, 0.3) is 0 Å². The lowest BCUT2D eigenvalue weighted by Crippen LogP contribution is -2.33. The van der Waals surface area contributed by atoms with E-state index in [2.05, 4.69) is 21.9 Å². The number of anilines is 1. The fraction of sp³-hybridized carbons (Fsp3) is 0.200. The molecule has 150 valence electrons. The van der Waals surface area contributed by atoms with Gasteiger partial charge in [0.15, 0.2) is 0 Å². The van der Waals surface area contributed by atoms with Crippen LogP contribution < -0.4 is 22.4 Å². The molecule has 0 bridgehead atoms. The second-order valence-electron chi connectivity index (χ2n) is 5.78. The van der Waals surface area contributed by atoms with E-state index in [0.717, 1.165) is 11.3 Å². The van der Waals surface area contributed by atoms with Crippen molar-refractivity contribution < 1.29 is 4.79 Å². The molecule has 0 fully saturated rings. The average Bonchev–Trinajstić information content (AvgIpc) is 3.21. The number of nitrogens with zero attached hydrogens (tertiary/aromatic N) is 2. The van der Waals surface area contributed by atoms with Crippen LogP contribution in [0.5, 0.6) is 0 Å². The molecule has 0 unspecified atom stereocenters. The molecule has 0 aliphatic heterocycles. The number of aromatic amines is 1. The summed E-state index contributed by atoms with van der Waals surface area (Å²) < 4.78 is 1.26. The predicted octanol–water partition coefficient (Wildman–Crippen LogP) is 2.83. The van der Waals surface area contributed by atoms with Gasteiger partial charge in [0, 0.05) is 29.5 Å². The van der Waals surface area contributed by atoms with Crippen LogP contribution in [0.3, 0.4) is 0 Å². The Morgan fingerprint density at radius 3 is 2.75 bits per heavy atom. The van der Waals surface area contributed by atoms with Crippen molar-refractivity contribution in [1.29, 1.82) is 0 Å². The van der Waals surface area contributed by atoms with E-state index in [1.54, 1.807) is 18.2 Å². The smallest absolute Gasteiger partial charge is 0.251 e. The number of aromatic nitrogens is 2. The van der Waals surface area contributed by atoms with Gasteiger partial charge >= 0.3 is 0 Å². The second-order valence-corrected chi connectivity index (χ2v) is 6.03. The lowest BCUT2D eigenvalue weighted by Gasteiger charge is -2.09. The summed E-state index contributed by atoms with van der Waals surface area (Å²) in [4.78, 5) is 19.7. The molecule has 0 aromatic carbocycles. The maximum absolute atomic E-state index is 12.2. The highest BCUT2D eigenvalue weighted by Crippen LogP contribution is 2.03. The molecule has 0 atom stereocenters. The van der Waals surface area contributed by atoms with Crippen molar-refractivity contribution in [2.45, 2.75) is 20.4 Å². The number of carbonyl (C=O) groups excluding carboxylic acids is 1. The van der Waals surface area contributed by atoms with Gasteiger partial charge in [0.05, 0.1) is 6.54 Å². The quantitative estimate of drug-likeness (QED) is 0.338. The van der Waals surface area contributed by atoms with Gasteiger partial charge in [0.2, 0.25) is 0 Å². The summed E-state index contributed by atoms with van der Waals surface area (Å²) in [6.45, 7) is 8.17. The molecule has 28 heavy (non-hydrogen) atoms. The van der Waals surface area contributed by atoms with Gasteiger partial charge in [-0.2, -0.15) is 0 Å². The van der Waals surface area contributed by atoms with Gasteiger partial charge in [-0.05, 0) is 38.1 Å². The number of hydrogen-bond acceptors (Lipinski definition) is 4. The van der Waals surface area contributed by atoms with E-state index in [9.17, 15) is 4.79 Å². The highest BCUT2D eigenvalue weighted by atomic mass is 35.5. The Morgan fingerprint density at radius 2 is 2.21 bits per heavy atom. The minimum atomic E-state index is -0.213. The first-order valence-corrected chi connectivity index (χ1v) is 9.04. The third-order valence-electron chi connectivity index (χ3n) is 3.68. The first kappa shape index (κ1) is 22.9. The van der Waals surface area contributed by atoms with E-state index < -0.39 is 0 Å². The van der Waals surface area contributed by atoms with Crippen molar-refractivity contribution in [3.63, 3.8) is 0 Å². The van der Waals surface area contributed by atoms with Crippen LogP contribution in [0.1, 0.15) is 29.9 Å². The molecule has 0 saturated heterocycles. The Bertz CT molecular complexity index is 894. The first-order valence-electron chi connectivity index (χ1n) is 8.61. The summed E-state index contributed by atoms with van der Waals surface area (Å²) >= 11 is 5.05. The highest BCUT2D eigenvalue weighted by molar-refractivity contribution is 6.25. The summed E-state index contributed by atoms with van der Waals surface area (Å²) in [6, 6.07) is 6.97. The minimum absolute atomic E-state index is 0.213. The number of pyridine rings is 1. The Hall–Kier alpha value is -3.19. The molecule has 8 heteroatoms. The zero-order chi connectivity index (χ0) is 20.9. The molecule has 6 N–H and O–H groups in total. The standard InChI is InChI=1S/C16H22N6O.C4H5Cl/c1-3-11(2)9-21-16(23)12-7-14(17)22(18)15(8-12)20-10-13-5-4-6-19-13;1-2-3-4-5/h3-8,19H,9-10,17-18H2,1-2H3,(H,21,23);2-4H,1H2/b11-3+,20-15?;4-3+. The summed E-state index contributed by atoms with van der Waals surface area (Å²) in [6.07, 6.45) is 7.04. The summed E-state index contributed by atoms with van der Waals surface area (Å²) in [7, 11) is 0. The van der Waals surface area contributed by atoms with Gasteiger partial charge in [-0.3, -0.25) is 9.79 Å². The summed E-state index contributed by atoms with van der Waals surface area (Å²) in [5.41, 5.74) is 10.2. The minimum Gasteiger partial charge on any atom is -0.384 e. The summed E-state index contributed by atoms with van der Waals surface area (Å²) in [5, 5.41) is 2.83. The monoisotopic (exact) mass is 402 g/mol. The molecule has 2 heterocycles. The van der Waals surface area contributed by atoms with Gasteiger partial charge < -0.3 is 21.9 Å². The van der Waals surface area contributed by atoms with Crippen LogP contribution in [-0.4, -0.2) is 22.1 Å². The average molecular weight is 403 g/mol. The SMILES string of the molecule is C/C=C(\C)CNC(=O)c1cc(N)n(N)c(=NCc2ccc[nH]2)c1.C=C/C=C/Cl. The largest absolute Gasteiger partial charge is 0.384 e. The van der Waals surface area contributed by atoms with Gasteiger partial charge in [0.25, 0.3) is 5.91 Å². The molecule has 7 nitrogen and oxygen atoms in total. The molecule has 0 spiro atoms. The summed E-state index contributed by atoms with van der Waals surface area (Å²) in [5.74, 6) is 5.94. The predicted molar refractivity (Wildman–Crippen MR) is 116 cm³/mol. The first-order chi connectivity index (χ1) is 13.4. The number of nitrogen functional groups attached to an aromatic ring is 2. The third-order valence-corrected chi connectivity index (χ3v) is 3.82. The van der Waals surface area contributed by atoms with Crippen molar-refractivity contribution in [2.75, 3.05) is 18.1 Å². The molecular weight excluding hydrogens is 376 g/mol. The Labute approximate surface area is 170 Å². The van der Waals surface area contributed by atoms with E-state index >= 15 is 0 Å². The van der Waals surface area contributed by atoms with Crippen molar-refractivity contribution >= 4 is 23.3 Å². The number of hydrogen-bond donors (Lipinski definition) is 4. The topological polar surface area (TPSA) is 114 Å². The van der Waals surface area contributed by atoms with Crippen LogP contribution in [0.2, 0.25) is 0 Å². The van der Waals surface area contributed by atoms with E-state index in [4.69, 9.17) is 23.2 Å². The fourth-order valence-electron chi connectivity index (χ4n) is 1.97. The maximum atomic E-state index is 12.2. The number of nitrogens with two attached hydrogens (primary N) is 2. The number of carbonyl (C=O) groups is 1. The van der Waals surface area contributed by atoms with Gasteiger partial charge in [-0.25, -0.2) is 4.68 Å². The lowest BCUT2D eigenvalue weighted by atomic mass is 10.2. The normalized spacial score (nSPS) is 11.8. The molecule has 2 aromatic rings. The highest BCUT2D eigenvalue weighted by Gasteiger charge is 2.08. The molecule has 0 aliphatic carbocycles. The van der Waals surface area contributed by atoms with E-state index in [1.807, 2.05) is 38.3 Å². The molecule has 2 rings (SSSR count). The Kier molecular flexibility index (Phi) is 9.99. The number of allylic oxidation sites excluding steroid dienone is 3. The molecule has 0 radical (unpaired) electrons.